The van der Waals surface area contributed by atoms with Crippen LogP contribution in [0.25, 0.3) is 0 Å². The zero-order valence-electron chi connectivity index (χ0n) is 8.15. The predicted molar refractivity (Wildman–Crippen MR) is 57.1 cm³/mol. The second-order valence-electron chi connectivity index (χ2n) is 4.01. The molecule has 0 amide bonds. The molecule has 1 fully saturated rings. The quantitative estimate of drug-likeness (QED) is 0.551. The van der Waals surface area contributed by atoms with Crippen LogP contribution in [0.3, 0.4) is 0 Å². The molecule has 1 heterocycles. The van der Waals surface area contributed by atoms with Crippen LogP contribution in [0.15, 0.2) is 11.6 Å². The van der Waals surface area contributed by atoms with Gasteiger partial charge in [-0.25, -0.2) is 4.98 Å². The molecule has 78 valence electrons. The lowest BCUT2D eigenvalue weighted by atomic mass is 9.92. The molecule has 3 nitrogen and oxygen atoms in total. The number of aromatic nitrogens is 1. The van der Waals surface area contributed by atoms with Gasteiger partial charge in [-0.3, -0.25) is 0 Å². The minimum Gasteiger partial charge on any atom is -0.375 e. The predicted octanol–water partition coefficient (Wildman–Crippen LogP) is 1.84. The van der Waals surface area contributed by atoms with Crippen molar-refractivity contribution in [1.82, 2.24) is 4.98 Å². The molecule has 4 heteroatoms. The first-order valence-corrected chi connectivity index (χ1v) is 5.99. The van der Waals surface area contributed by atoms with Gasteiger partial charge >= 0.3 is 0 Å². The fourth-order valence-corrected chi connectivity index (χ4v) is 2.97. The van der Waals surface area contributed by atoms with Crippen molar-refractivity contribution in [2.24, 2.45) is 5.73 Å². The van der Waals surface area contributed by atoms with Gasteiger partial charge in [0.05, 0.1) is 10.9 Å². The van der Waals surface area contributed by atoms with E-state index in [-0.39, 0.29) is 5.92 Å². The highest BCUT2D eigenvalue weighted by Gasteiger charge is 2.36. The maximum Gasteiger partial charge on any atom is 0.122 e. The molecule has 0 saturated heterocycles. The van der Waals surface area contributed by atoms with Crippen LogP contribution in [0.1, 0.15) is 43.0 Å². The molecule has 1 aromatic rings. The van der Waals surface area contributed by atoms with Crippen molar-refractivity contribution in [2.75, 3.05) is 0 Å². The monoisotopic (exact) mass is 212 g/mol. The molecule has 1 aromatic heterocycles. The molecule has 0 aliphatic heterocycles. The molecular weight excluding hydrogens is 196 g/mol. The fourth-order valence-electron chi connectivity index (χ4n) is 2.10. The Bertz CT molecular complexity index is 284. The minimum atomic E-state index is -1.05. The second kappa shape index (κ2) is 3.96. The summed E-state index contributed by atoms with van der Waals surface area (Å²) in [4.78, 5) is 4.26. The summed E-state index contributed by atoms with van der Waals surface area (Å²) in [6.07, 6.45) is 6.76. The van der Waals surface area contributed by atoms with Crippen molar-refractivity contribution in [3.63, 3.8) is 0 Å². The number of thiazole rings is 1. The topological polar surface area (TPSA) is 59.1 Å². The Morgan fingerprint density at radius 3 is 3.07 bits per heavy atom. The number of hydrogen-bond donors (Lipinski definition) is 2. The van der Waals surface area contributed by atoms with Gasteiger partial charge in [-0.15, -0.1) is 11.3 Å². The third-order valence-corrected chi connectivity index (χ3v) is 3.81. The molecule has 1 saturated carbocycles. The van der Waals surface area contributed by atoms with Crippen LogP contribution >= 0.6 is 11.3 Å². The zero-order valence-corrected chi connectivity index (χ0v) is 8.96. The van der Waals surface area contributed by atoms with Gasteiger partial charge < -0.3 is 10.8 Å². The van der Waals surface area contributed by atoms with Crippen molar-refractivity contribution in [2.45, 2.75) is 43.7 Å². The molecule has 2 rings (SSSR count). The highest BCUT2D eigenvalue weighted by atomic mass is 32.1. The lowest BCUT2D eigenvalue weighted by Crippen LogP contribution is -2.44. The van der Waals surface area contributed by atoms with Crippen LogP contribution in [-0.2, 0) is 0 Å². The van der Waals surface area contributed by atoms with Crippen LogP contribution in [0.4, 0.5) is 0 Å². The molecule has 2 unspecified atom stereocenters. The number of nitrogens with two attached hydrogens (primary N) is 1. The molecule has 0 spiro atoms. The average molecular weight is 212 g/mol. The molecule has 3 N–H and O–H groups in total. The molecule has 2 atom stereocenters. The van der Waals surface area contributed by atoms with E-state index in [9.17, 15) is 5.11 Å². The van der Waals surface area contributed by atoms with Gasteiger partial charge in [0.15, 0.2) is 0 Å². The average Bonchev–Trinajstić information content (AvgIpc) is 2.57. The highest BCUT2D eigenvalue weighted by molar-refractivity contribution is 7.09. The van der Waals surface area contributed by atoms with E-state index >= 15 is 0 Å². The molecule has 0 aromatic carbocycles. The Morgan fingerprint density at radius 2 is 2.36 bits per heavy atom. The van der Waals surface area contributed by atoms with Crippen molar-refractivity contribution in [3.05, 3.63) is 16.6 Å². The number of aliphatic hydroxyl groups is 1. The summed E-state index contributed by atoms with van der Waals surface area (Å²) in [6, 6.07) is 0. The van der Waals surface area contributed by atoms with Crippen LogP contribution in [-0.4, -0.2) is 15.8 Å². The first-order chi connectivity index (χ1) is 6.70. The summed E-state index contributed by atoms with van der Waals surface area (Å²) in [7, 11) is 0. The first-order valence-electron chi connectivity index (χ1n) is 5.11. The largest absolute Gasteiger partial charge is 0.375 e. The van der Waals surface area contributed by atoms with E-state index in [4.69, 9.17) is 5.73 Å². The fraction of sp³-hybridized carbons (Fsp3) is 0.700. The van der Waals surface area contributed by atoms with Gasteiger partial charge in [-0.2, -0.15) is 0 Å². The maximum absolute atomic E-state index is 10.1. The Morgan fingerprint density at radius 1 is 1.50 bits per heavy atom. The maximum atomic E-state index is 10.1. The summed E-state index contributed by atoms with van der Waals surface area (Å²) in [5, 5.41) is 13.1. The van der Waals surface area contributed by atoms with Gasteiger partial charge in [0.2, 0.25) is 0 Å². The van der Waals surface area contributed by atoms with Crippen molar-refractivity contribution in [3.8, 4) is 0 Å². The number of rotatable bonds is 1. The van der Waals surface area contributed by atoms with E-state index in [1.54, 1.807) is 17.5 Å². The summed E-state index contributed by atoms with van der Waals surface area (Å²) >= 11 is 1.59. The standard InChI is InChI=1S/C10H16N2OS/c11-10(13)5-3-1-2-4-8(10)9-12-6-7-14-9/h6-8,13H,1-5,11H2. The van der Waals surface area contributed by atoms with Crippen LogP contribution in [0.2, 0.25) is 0 Å². The van der Waals surface area contributed by atoms with Gasteiger partial charge in [0.25, 0.3) is 0 Å². The van der Waals surface area contributed by atoms with E-state index in [2.05, 4.69) is 4.98 Å². The third kappa shape index (κ3) is 1.97. The lowest BCUT2D eigenvalue weighted by molar-refractivity contribution is 0.0112. The Kier molecular flexibility index (Phi) is 2.85. The highest BCUT2D eigenvalue weighted by Crippen LogP contribution is 2.37. The molecule has 0 bridgehead atoms. The Hall–Kier alpha value is -0.450. The Labute approximate surface area is 88.0 Å². The van der Waals surface area contributed by atoms with Gasteiger partial charge in [0, 0.05) is 11.6 Å². The van der Waals surface area contributed by atoms with Crippen LogP contribution in [0.5, 0.6) is 0 Å². The Balaban J connectivity index is 2.22. The van der Waals surface area contributed by atoms with Gasteiger partial charge in [0.1, 0.15) is 5.72 Å². The summed E-state index contributed by atoms with van der Waals surface area (Å²) in [5.74, 6) is 0.0324. The number of hydrogen-bond acceptors (Lipinski definition) is 4. The number of nitrogens with zero attached hydrogens (tertiary/aromatic N) is 1. The van der Waals surface area contributed by atoms with E-state index in [1.807, 2.05) is 5.38 Å². The van der Waals surface area contributed by atoms with E-state index < -0.39 is 5.72 Å². The minimum absolute atomic E-state index is 0.0324. The molecule has 1 aliphatic carbocycles. The normalized spacial score (nSPS) is 34.0. The van der Waals surface area contributed by atoms with E-state index in [0.717, 1.165) is 24.3 Å². The summed E-state index contributed by atoms with van der Waals surface area (Å²) in [5.41, 5.74) is 4.89. The smallest absolute Gasteiger partial charge is 0.122 e. The zero-order chi connectivity index (χ0) is 10.0. The van der Waals surface area contributed by atoms with E-state index in [0.29, 0.717) is 6.42 Å². The molecule has 14 heavy (non-hydrogen) atoms. The molecular formula is C10H16N2OS. The van der Waals surface area contributed by atoms with Gasteiger partial charge in [-0.05, 0) is 19.3 Å². The second-order valence-corrected chi connectivity index (χ2v) is 4.94. The van der Waals surface area contributed by atoms with E-state index in [1.165, 1.54) is 6.42 Å². The van der Waals surface area contributed by atoms with Crippen LogP contribution < -0.4 is 5.73 Å². The van der Waals surface area contributed by atoms with Crippen molar-refractivity contribution in [1.29, 1.82) is 0 Å². The lowest BCUT2D eigenvalue weighted by Gasteiger charge is -2.29. The van der Waals surface area contributed by atoms with Crippen molar-refractivity contribution < 1.29 is 5.11 Å². The summed E-state index contributed by atoms with van der Waals surface area (Å²) < 4.78 is 0. The summed E-state index contributed by atoms with van der Waals surface area (Å²) in [6.45, 7) is 0. The molecule has 1 aliphatic rings. The van der Waals surface area contributed by atoms with Crippen LogP contribution in [0, 0.1) is 0 Å². The molecule has 0 radical (unpaired) electrons. The van der Waals surface area contributed by atoms with Gasteiger partial charge in [-0.1, -0.05) is 12.8 Å². The first kappa shape index (κ1) is 10.1. The third-order valence-electron chi connectivity index (χ3n) is 2.92. The SMILES string of the molecule is NC1(O)CCCCCC1c1nccs1. The van der Waals surface area contributed by atoms with Crippen molar-refractivity contribution >= 4 is 11.3 Å².